The summed E-state index contributed by atoms with van der Waals surface area (Å²) in [7, 11) is 1.35. The van der Waals surface area contributed by atoms with Crippen LogP contribution < -0.4 is 5.32 Å². The number of nitrogens with zero attached hydrogens (tertiary/aromatic N) is 1. The standard InChI is InChI=1S/C34H56N2O5/c1-21-11-12-28(41-23(3)37)30(4,5)24(21)13-14-33(8)22(2)27(38)19-25-26-20-32(7,35-29(39)36(10)40)17-15-31(26,6)16-18-34(25,33)9/h19,21-22,24,26,28,40H,11-18,20H2,1-10H3,(H,35,39)/t21-,22+,24?,26+,28+,31-,32+,33-,34-/m1/s1. The van der Waals surface area contributed by atoms with Crippen molar-refractivity contribution in [3.05, 3.63) is 11.6 Å². The maximum Gasteiger partial charge on any atom is 0.341 e. The quantitative estimate of drug-likeness (QED) is 0.204. The van der Waals surface area contributed by atoms with Crippen molar-refractivity contribution in [1.82, 2.24) is 10.4 Å². The molecule has 0 aromatic rings. The summed E-state index contributed by atoms with van der Waals surface area (Å²) in [4.78, 5) is 38.2. The van der Waals surface area contributed by atoms with Gasteiger partial charge in [0.05, 0.1) is 0 Å². The van der Waals surface area contributed by atoms with Gasteiger partial charge in [0.1, 0.15) is 6.10 Å². The summed E-state index contributed by atoms with van der Waals surface area (Å²) < 4.78 is 5.83. The van der Waals surface area contributed by atoms with E-state index in [1.807, 2.05) is 6.08 Å². The fourth-order valence-corrected chi connectivity index (χ4v) is 9.76. The van der Waals surface area contributed by atoms with E-state index in [1.165, 1.54) is 19.5 Å². The van der Waals surface area contributed by atoms with Gasteiger partial charge in [-0.05, 0) is 105 Å². The van der Waals surface area contributed by atoms with Crippen molar-refractivity contribution in [2.24, 2.45) is 45.3 Å². The van der Waals surface area contributed by atoms with Crippen LogP contribution in [0.3, 0.4) is 0 Å². The highest BCUT2D eigenvalue weighted by Gasteiger charge is 2.62. The third-order valence-electron chi connectivity index (χ3n) is 13.2. The van der Waals surface area contributed by atoms with E-state index in [0.29, 0.717) is 16.9 Å². The van der Waals surface area contributed by atoms with Gasteiger partial charge in [0.2, 0.25) is 0 Å². The summed E-state index contributed by atoms with van der Waals surface area (Å²) in [5, 5.41) is 13.4. The average Bonchev–Trinajstić information content (AvgIpc) is 2.87. The molecule has 0 saturated heterocycles. The van der Waals surface area contributed by atoms with E-state index < -0.39 is 11.6 Å². The summed E-state index contributed by atoms with van der Waals surface area (Å²) in [5.41, 5.74) is 0.450. The number of carbonyl (C=O) groups is 3. The second-order valence-corrected chi connectivity index (χ2v) is 16.0. The van der Waals surface area contributed by atoms with Crippen LogP contribution in [0.15, 0.2) is 11.6 Å². The highest BCUT2D eigenvalue weighted by molar-refractivity contribution is 5.94. The molecule has 4 aliphatic rings. The van der Waals surface area contributed by atoms with Gasteiger partial charge in [-0.1, -0.05) is 54.0 Å². The second kappa shape index (κ2) is 10.7. The van der Waals surface area contributed by atoms with Crippen molar-refractivity contribution in [2.45, 2.75) is 132 Å². The number of ketones is 1. The number of carbonyl (C=O) groups excluding carboxylic acids is 3. The number of amides is 2. The van der Waals surface area contributed by atoms with Gasteiger partial charge in [0.25, 0.3) is 0 Å². The smallest absolute Gasteiger partial charge is 0.341 e. The topological polar surface area (TPSA) is 95.9 Å². The summed E-state index contributed by atoms with van der Waals surface area (Å²) in [5.74, 6) is 1.06. The predicted molar refractivity (Wildman–Crippen MR) is 160 cm³/mol. The minimum Gasteiger partial charge on any atom is -0.462 e. The van der Waals surface area contributed by atoms with Crippen molar-refractivity contribution in [1.29, 1.82) is 0 Å². The lowest BCUT2D eigenvalue weighted by Gasteiger charge is -2.64. The minimum absolute atomic E-state index is 0.0751. The van der Waals surface area contributed by atoms with Crippen LogP contribution in [0, 0.1) is 45.3 Å². The van der Waals surface area contributed by atoms with E-state index >= 15 is 0 Å². The number of urea groups is 1. The van der Waals surface area contributed by atoms with Gasteiger partial charge in [-0.25, -0.2) is 9.86 Å². The molecule has 1 unspecified atom stereocenters. The molecule has 0 heterocycles. The Balaban J connectivity index is 1.65. The molecule has 2 amide bonds. The first-order valence-electron chi connectivity index (χ1n) is 16.0. The van der Waals surface area contributed by atoms with Gasteiger partial charge < -0.3 is 10.1 Å². The van der Waals surface area contributed by atoms with Gasteiger partial charge >= 0.3 is 12.0 Å². The lowest BCUT2D eigenvalue weighted by Crippen LogP contribution is -2.60. The molecule has 4 rings (SSSR count). The van der Waals surface area contributed by atoms with Crippen LogP contribution in [0.2, 0.25) is 0 Å². The van der Waals surface area contributed by atoms with Crippen LogP contribution in [-0.2, 0) is 14.3 Å². The molecule has 0 radical (unpaired) electrons. The summed E-state index contributed by atoms with van der Waals surface area (Å²) in [6, 6.07) is -0.488. The molecule has 0 spiro atoms. The molecule has 7 nitrogen and oxygen atoms in total. The van der Waals surface area contributed by atoms with Crippen molar-refractivity contribution in [3.63, 3.8) is 0 Å². The monoisotopic (exact) mass is 572 g/mol. The number of fused-ring (bicyclic) bond motifs is 3. The normalized spacial score (nSPS) is 43.7. The van der Waals surface area contributed by atoms with Crippen molar-refractivity contribution in [3.8, 4) is 0 Å². The van der Waals surface area contributed by atoms with E-state index in [-0.39, 0.29) is 51.4 Å². The number of hydroxylamine groups is 2. The van der Waals surface area contributed by atoms with Crippen LogP contribution in [0.4, 0.5) is 4.79 Å². The molecule has 4 aliphatic carbocycles. The zero-order valence-corrected chi connectivity index (χ0v) is 27.4. The van der Waals surface area contributed by atoms with Gasteiger partial charge in [-0.2, -0.15) is 0 Å². The third kappa shape index (κ3) is 5.38. The van der Waals surface area contributed by atoms with Gasteiger partial charge in [-0.15, -0.1) is 0 Å². The Kier molecular flexibility index (Phi) is 8.34. The minimum atomic E-state index is -0.488. The Hall–Kier alpha value is -1.89. The predicted octanol–water partition coefficient (Wildman–Crippen LogP) is 7.32. The molecule has 0 aliphatic heterocycles. The highest BCUT2D eigenvalue weighted by Crippen LogP contribution is 2.68. The molecular formula is C34H56N2O5. The molecule has 7 heteroatoms. The van der Waals surface area contributed by atoms with Gasteiger partial charge in [0.15, 0.2) is 5.78 Å². The van der Waals surface area contributed by atoms with Crippen molar-refractivity contribution >= 4 is 17.8 Å². The fourth-order valence-electron chi connectivity index (χ4n) is 9.76. The van der Waals surface area contributed by atoms with Crippen molar-refractivity contribution in [2.75, 3.05) is 7.05 Å². The molecule has 41 heavy (non-hydrogen) atoms. The van der Waals surface area contributed by atoms with E-state index in [4.69, 9.17) is 4.74 Å². The molecule has 232 valence electrons. The van der Waals surface area contributed by atoms with E-state index in [9.17, 15) is 19.6 Å². The first-order chi connectivity index (χ1) is 18.8. The Morgan fingerprint density at radius 1 is 1.05 bits per heavy atom. The summed E-state index contributed by atoms with van der Waals surface area (Å²) >= 11 is 0. The number of hydrogen-bond donors (Lipinski definition) is 2. The van der Waals surface area contributed by atoms with E-state index in [1.54, 1.807) is 0 Å². The molecule has 0 aromatic heterocycles. The first-order valence-corrected chi connectivity index (χ1v) is 16.0. The summed E-state index contributed by atoms with van der Waals surface area (Å²) in [6.45, 7) is 19.7. The number of allylic oxidation sites excluding steroid dienone is 2. The van der Waals surface area contributed by atoms with Gasteiger partial charge in [0, 0.05) is 30.8 Å². The molecule has 2 N–H and O–H groups in total. The fraction of sp³-hybridized carbons (Fsp3) is 0.853. The zero-order valence-electron chi connectivity index (χ0n) is 27.4. The number of ether oxygens (including phenoxy) is 1. The van der Waals surface area contributed by atoms with Crippen LogP contribution >= 0.6 is 0 Å². The SMILES string of the molecule is CC(=O)O[C@H]1CC[C@@H](C)C(CC[C@]2(C)[C@@H](C)C(=O)C=C3[C@@H]4C[C@@](C)(NC(=O)N(C)O)CC[C@]4(C)CC[C@]32C)C1(C)C. The van der Waals surface area contributed by atoms with Crippen LogP contribution in [0.5, 0.6) is 0 Å². The van der Waals surface area contributed by atoms with Crippen LogP contribution in [0.25, 0.3) is 0 Å². The molecule has 3 fully saturated rings. The number of esters is 1. The largest absolute Gasteiger partial charge is 0.462 e. The highest BCUT2D eigenvalue weighted by atomic mass is 16.5. The van der Waals surface area contributed by atoms with Crippen LogP contribution in [0.1, 0.15) is 120 Å². The molecule has 0 aromatic carbocycles. The maximum atomic E-state index is 13.8. The first kappa shape index (κ1) is 32.0. The zero-order chi connectivity index (χ0) is 30.8. The average molecular weight is 573 g/mol. The summed E-state index contributed by atoms with van der Waals surface area (Å²) in [6.07, 6.45) is 10.6. The lowest BCUT2D eigenvalue weighted by atomic mass is 9.40. The maximum absolute atomic E-state index is 13.8. The number of rotatable bonds is 5. The number of nitrogens with one attached hydrogen (secondary N) is 1. The Morgan fingerprint density at radius 3 is 2.29 bits per heavy atom. The Labute approximate surface area is 248 Å². The molecular weight excluding hydrogens is 516 g/mol. The second-order valence-electron chi connectivity index (χ2n) is 16.0. The molecule has 0 bridgehead atoms. The molecule has 3 saturated carbocycles. The van der Waals surface area contributed by atoms with E-state index in [2.05, 4.69) is 60.7 Å². The Bertz CT molecular complexity index is 1100. The number of hydrogen-bond acceptors (Lipinski definition) is 5. The van der Waals surface area contributed by atoms with Gasteiger partial charge in [-0.3, -0.25) is 14.8 Å². The Morgan fingerprint density at radius 2 is 1.68 bits per heavy atom. The van der Waals surface area contributed by atoms with E-state index in [0.717, 1.165) is 57.8 Å². The van der Waals surface area contributed by atoms with Crippen molar-refractivity contribution < 1.29 is 24.3 Å². The lowest BCUT2D eigenvalue weighted by molar-refractivity contribution is -0.162. The molecule has 9 atom stereocenters. The van der Waals surface area contributed by atoms with Crippen LogP contribution in [-0.4, -0.2) is 46.7 Å². The third-order valence-corrected chi connectivity index (χ3v) is 13.2.